The molecule has 0 aromatic carbocycles. The Kier molecular flexibility index (Phi) is 7.17. The Balaban J connectivity index is 2.01. The van der Waals surface area contributed by atoms with Gasteiger partial charge in [-0.2, -0.15) is 0 Å². The van der Waals surface area contributed by atoms with E-state index in [4.69, 9.17) is 14.9 Å². The van der Waals surface area contributed by atoms with Gasteiger partial charge in [-0.25, -0.2) is 14.2 Å². The number of fused-ring (bicyclic) bond motifs is 1. The third-order valence-corrected chi connectivity index (χ3v) is 4.59. The van der Waals surface area contributed by atoms with Crippen molar-refractivity contribution >= 4 is 11.9 Å². The lowest BCUT2D eigenvalue weighted by atomic mass is 9.99. The van der Waals surface area contributed by atoms with Gasteiger partial charge in [0.05, 0.1) is 13.2 Å². The van der Waals surface area contributed by atoms with Crippen LogP contribution >= 0.6 is 0 Å². The molecular formula is C20H31FN2O4. The predicted octanol–water partition coefficient (Wildman–Crippen LogP) is 3.18. The number of hydrogen-bond donors (Lipinski definition) is 2. The Bertz CT molecular complexity index is 641. The predicted molar refractivity (Wildman–Crippen MR) is 102 cm³/mol. The Hall–Kier alpha value is -1.73. The fourth-order valence-corrected chi connectivity index (χ4v) is 3.07. The summed E-state index contributed by atoms with van der Waals surface area (Å²) in [6.45, 7) is 4.74. The topological polar surface area (TPSA) is 82.9 Å². The molecular weight excluding hydrogens is 351 g/mol. The highest BCUT2D eigenvalue weighted by atomic mass is 19.1. The number of amides is 1. The standard InChI is InChI=1S/C20H31FN2O4/c1-19(2,3)27-18(26)23-12-6-7-15-9-10-16(22-17(15)23)8-4-5-11-20(21,13-24)14-25/h9-10,24-25H,4-8,11-14H2,1-3H3. The molecule has 2 rings (SSSR count). The summed E-state index contributed by atoms with van der Waals surface area (Å²) in [5, 5.41) is 18.0. The van der Waals surface area contributed by atoms with Gasteiger partial charge < -0.3 is 14.9 Å². The van der Waals surface area contributed by atoms with Crippen LogP contribution in [0.5, 0.6) is 0 Å². The van der Waals surface area contributed by atoms with Crippen LogP contribution in [-0.2, 0) is 17.6 Å². The molecule has 0 atom stereocenters. The van der Waals surface area contributed by atoms with Crippen LogP contribution in [0.25, 0.3) is 0 Å². The fourth-order valence-electron chi connectivity index (χ4n) is 3.07. The first kappa shape index (κ1) is 21.6. The molecule has 152 valence electrons. The van der Waals surface area contributed by atoms with Gasteiger partial charge in [0.25, 0.3) is 0 Å². The van der Waals surface area contributed by atoms with Crippen LogP contribution in [0.2, 0.25) is 0 Å². The second-order valence-corrected chi connectivity index (χ2v) is 8.20. The molecule has 1 amide bonds. The number of aryl methyl sites for hydroxylation is 2. The second-order valence-electron chi connectivity index (χ2n) is 8.20. The molecule has 6 nitrogen and oxygen atoms in total. The first-order valence-corrected chi connectivity index (χ1v) is 9.57. The van der Waals surface area contributed by atoms with E-state index < -0.39 is 24.5 Å². The number of halogens is 1. The lowest BCUT2D eigenvalue weighted by molar-refractivity contribution is 0.00797. The van der Waals surface area contributed by atoms with Crippen molar-refractivity contribution in [1.82, 2.24) is 4.98 Å². The molecule has 0 aliphatic carbocycles. The van der Waals surface area contributed by atoms with Crippen molar-refractivity contribution in [1.29, 1.82) is 0 Å². The van der Waals surface area contributed by atoms with Crippen molar-refractivity contribution in [3.8, 4) is 0 Å². The highest BCUT2D eigenvalue weighted by Gasteiger charge is 2.29. The maximum absolute atomic E-state index is 13.9. The number of ether oxygens (including phenoxy) is 1. The molecule has 0 saturated carbocycles. The van der Waals surface area contributed by atoms with Crippen LogP contribution in [0, 0.1) is 0 Å². The summed E-state index contributed by atoms with van der Waals surface area (Å²) in [6, 6.07) is 3.94. The number of hydrogen-bond acceptors (Lipinski definition) is 5. The van der Waals surface area contributed by atoms with E-state index in [0.717, 1.165) is 24.1 Å². The van der Waals surface area contributed by atoms with E-state index in [1.807, 2.05) is 32.9 Å². The number of pyridine rings is 1. The number of nitrogens with zero attached hydrogens (tertiary/aromatic N) is 2. The molecule has 27 heavy (non-hydrogen) atoms. The second kappa shape index (κ2) is 8.97. The molecule has 0 fully saturated rings. The molecule has 2 heterocycles. The highest BCUT2D eigenvalue weighted by molar-refractivity contribution is 5.88. The van der Waals surface area contributed by atoms with Gasteiger partial charge in [-0.3, -0.25) is 4.90 Å². The number of aromatic nitrogens is 1. The van der Waals surface area contributed by atoms with Gasteiger partial charge in [0, 0.05) is 12.2 Å². The third-order valence-electron chi connectivity index (χ3n) is 4.59. The molecule has 7 heteroatoms. The summed E-state index contributed by atoms with van der Waals surface area (Å²) in [4.78, 5) is 18.7. The summed E-state index contributed by atoms with van der Waals surface area (Å²) in [7, 11) is 0. The maximum atomic E-state index is 13.9. The van der Waals surface area contributed by atoms with Gasteiger partial charge >= 0.3 is 6.09 Å². The summed E-state index contributed by atoms with van der Waals surface area (Å²) in [5.74, 6) is 0.651. The van der Waals surface area contributed by atoms with Crippen molar-refractivity contribution in [3.05, 3.63) is 23.4 Å². The molecule has 1 aromatic heterocycles. The first-order chi connectivity index (χ1) is 12.7. The zero-order valence-electron chi connectivity index (χ0n) is 16.5. The zero-order valence-corrected chi connectivity index (χ0v) is 16.5. The van der Waals surface area contributed by atoms with Gasteiger partial charge in [0.1, 0.15) is 11.4 Å². The summed E-state index contributed by atoms with van der Waals surface area (Å²) in [5.41, 5.74) is -0.623. The van der Waals surface area contributed by atoms with E-state index in [9.17, 15) is 9.18 Å². The van der Waals surface area contributed by atoms with Gasteiger partial charge in [-0.05, 0) is 70.9 Å². The van der Waals surface area contributed by atoms with Crippen molar-refractivity contribution in [2.24, 2.45) is 0 Å². The minimum atomic E-state index is -1.92. The van der Waals surface area contributed by atoms with Gasteiger partial charge in [-0.1, -0.05) is 6.07 Å². The zero-order chi connectivity index (χ0) is 20.1. The number of rotatable bonds is 7. The monoisotopic (exact) mass is 382 g/mol. The van der Waals surface area contributed by atoms with Crippen LogP contribution in [-0.4, -0.2) is 52.3 Å². The molecule has 2 N–H and O–H groups in total. The average molecular weight is 382 g/mol. The number of aliphatic hydroxyl groups excluding tert-OH is 2. The van der Waals surface area contributed by atoms with Crippen LogP contribution < -0.4 is 4.90 Å². The Morgan fingerprint density at radius 2 is 1.96 bits per heavy atom. The van der Waals surface area contributed by atoms with Crippen molar-refractivity contribution in [2.45, 2.75) is 70.6 Å². The minimum absolute atomic E-state index is 0.106. The van der Waals surface area contributed by atoms with Crippen LogP contribution in [0.15, 0.2) is 12.1 Å². The van der Waals surface area contributed by atoms with Crippen molar-refractivity contribution in [2.75, 3.05) is 24.7 Å². The molecule has 0 saturated heterocycles. The van der Waals surface area contributed by atoms with Crippen LogP contribution in [0.1, 0.15) is 57.7 Å². The van der Waals surface area contributed by atoms with Crippen LogP contribution in [0.4, 0.5) is 15.0 Å². The van der Waals surface area contributed by atoms with Crippen molar-refractivity contribution in [3.63, 3.8) is 0 Å². The van der Waals surface area contributed by atoms with E-state index in [0.29, 0.717) is 31.6 Å². The number of alkyl halides is 1. The molecule has 0 spiro atoms. The minimum Gasteiger partial charge on any atom is -0.443 e. The normalized spacial score (nSPS) is 14.8. The molecule has 0 radical (unpaired) electrons. The smallest absolute Gasteiger partial charge is 0.416 e. The Morgan fingerprint density at radius 1 is 1.26 bits per heavy atom. The van der Waals surface area contributed by atoms with Gasteiger partial charge in [0.15, 0.2) is 5.67 Å². The van der Waals surface area contributed by atoms with Crippen molar-refractivity contribution < 1.29 is 24.1 Å². The molecule has 1 aromatic rings. The van der Waals surface area contributed by atoms with E-state index in [1.54, 1.807) is 4.90 Å². The first-order valence-electron chi connectivity index (χ1n) is 9.57. The number of carbonyl (C=O) groups excluding carboxylic acids is 1. The number of carbonyl (C=O) groups is 1. The average Bonchev–Trinajstić information content (AvgIpc) is 2.63. The number of anilines is 1. The Labute approximate surface area is 160 Å². The molecule has 1 aliphatic rings. The van der Waals surface area contributed by atoms with E-state index in [1.165, 1.54) is 0 Å². The summed E-state index contributed by atoms with van der Waals surface area (Å²) in [6.07, 6.45) is 3.32. The Morgan fingerprint density at radius 3 is 2.59 bits per heavy atom. The fraction of sp³-hybridized carbons (Fsp3) is 0.700. The molecule has 0 unspecified atom stereocenters. The molecule has 1 aliphatic heterocycles. The van der Waals surface area contributed by atoms with Gasteiger partial charge in [-0.15, -0.1) is 0 Å². The van der Waals surface area contributed by atoms with E-state index in [2.05, 4.69) is 4.98 Å². The third kappa shape index (κ3) is 6.14. The lowest BCUT2D eigenvalue weighted by Gasteiger charge is -2.31. The van der Waals surface area contributed by atoms with Gasteiger partial charge in [0.2, 0.25) is 0 Å². The van der Waals surface area contributed by atoms with E-state index >= 15 is 0 Å². The number of aliphatic hydroxyl groups is 2. The van der Waals surface area contributed by atoms with E-state index in [-0.39, 0.29) is 12.5 Å². The summed E-state index contributed by atoms with van der Waals surface area (Å²) < 4.78 is 19.4. The summed E-state index contributed by atoms with van der Waals surface area (Å²) >= 11 is 0. The molecule has 0 bridgehead atoms. The highest BCUT2D eigenvalue weighted by Crippen LogP contribution is 2.28. The lowest BCUT2D eigenvalue weighted by Crippen LogP contribution is -2.40. The SMILES string of the molecule is CC(C)(C)OC(=O)N1CCCc2ccc(CCCCC(F)(CO)CO)nc21. The quantitative estimate of drug-likeness (QED) is 0.708. The maximum Gasteiger partial charge on any atom is 0.416 e. The largest absolute Gasteiger partial charge is 0.443 e. The number of unbranched alkanes of at least 4 members (excludes halogenated alkanes) is 1. The van der Waals surface area contributed by atoms with Crippen LogP contribution in [0.3, 0.4) is 0 Å².